The molecule has 0 spiro atoms. The number of hydrogen-bond acceptors (Lipinski definition) is 6. The van der Waals surface area contributed by atoms with Gasteiger partial charge in [0.25, 0.3) is 0 Å². The molecule has 182 valence electrons. The average molecular weight is 526 g/mol. The highest BCUT2D eigenvalue weighted by Gasteiger charge is 2.20. The minimum atomic E-state index is -0.875. The lowest BCUT2D eigenvalue weighted by atomic mass is 9.93. The molecule has 0 aliphatic carbocycles. The second kappa shape index (κ2) is 9.06. The van der Waals surface area contributed by atoms with Crippen molar-refractivity contribution in [2.24, 2.45) is 7.05 Å². The van der Waals surface area contributed by atoms with Crippen molar-refractivity contribution < 1.29 is 9.90 Å². The quantitative estimate of drug-likeness (QED) is 0.274. The number of hydrogen-bond donors (Lipinski definition) is 1. The summed E-state index contributed by atoms with van der Waals surface area (Å²) in [4.78, 5) is 30.2. The van der Waals surface area contributed by atoms with Crippen molar-refractivity contribution in [3.8, 4) is 33.0 Å². The van der Waals surface area contributed by atoms with Crippen molar-refractivity contribution in [1.82, 2.24) is 24.5 Å². The van der Waals surface area contributed by atoms with Crippen molar-refractivity contribution in [2.75, 3.05) is 0 Å². The summed E-state index contributed by atoms with van der Waals surface area (Å²) in [5.74, 6) is -0.875. The molecule has 0 radical (unpaired) electrons. The Morgan fingerprint density at radius 3 is 2.59 bits per heavy atom. The van der Waals surface area contributed by atoms with Gasteiger partial charge in [-0.05, 0) is 60.0 Å². The Bertz CT molecular complexity index is 1820. The van der Waals surface area contributed by atoms with E-state index >= 15 is 0 Å². The molecule has 0 aliphatic rings. The first-order chi connectivity index (χ1) is 17.9. The van der Waals surface area contributed by atoms with Gasteiger partial charge in [0.05, 0.1) is 28.7 Å². The van der Waals surface area contributed by atoms with Gasteiger partial charge < -0.3 is 9.67 Å². The molecule has 0 bridgehead atoms. The molecule has 0 saturated carbocycles. The SMILES string of the molecule is Cc1cc2nc(-c3ccnc(-c4cnc5c(c4)ncn5C)c3)sc2c(-c2ccc(Cl)cc2)c1CC(=O)O. The normalized spacial score (nSPS) is 11.4. The number of carboxylic acid groups (broad SMARTS) is 1. The van der Waals surface area contributed by atoms with Gasteiger partial charge in [0, 0.05) is 41.2 Å². The van der Waals surface area contributed by atoms with E-state index in [1.54, 1.807) is 18.7 Å². The molecule has 0 saturated heterocycles. The van der Waals surface area contributed by atoms with Crippen LogP contribution in [0.4, 0.5) is 0 Å². The summed E-state index contributed by atoms with van der Waals surface area (Å²) in [5, 5.41) is 11.1. The Kier molecular flexibility index (Phi) is 5.70. The molecule has 0 fully saturated rings. The summed E-state index contributed by atoms with van der Waals surface area (Å²) in [5.41, 5.74) is 8.48. The van der Waals surface area contributed by atoms with Crippen LogP contribution in [0.3, 0.4) is 0 Å². The largest absolute Gasteiger partial charge is 0.481 e. The van der Waals surface area contributed by atoms with Crippen molar-refractivity contribution in [2.45, 2.75) is 13.3 Å². The zero-order chi connectivity index (χ0) is 25.7. The van der Waals surface area contributed by atoms with Crippen molar-refractivity contribution in [1.29, 1.82) is 0 Å². The van der Waals surface area contributed by atoms with E-state index in [4.69, 9.17) is 16.6 Å². The third-order valence-corrected chi connectivity index (χ3v) is 7.72. The number of pyridine rings is 2. The monoisotopic (exact) mass is 525 g/mol. The highest BCUT2D eigenvalue weighted by atomic mass is 35.5. The standard InChI is InChI=1S/C28H20ClN5O2S/c1-15-9-22-26(25(20(15)12-24(35)36)16-3-5-19(29)6-4-16)37-28(33-22)17-7-8-30-21(10-17)18-11-23-27(31-13-18)34(2)14-32-23/h3-11,13-14H,12H2,1-2H3,(H,35,36). The molecule has 0 amide bonds. The highest BCUT2D eigenvalue weighted by molar-refractivity contribution is 7.22. The van der Waals surface area contributed by atoms with E-state index in [-0.39, 0.29) is 6.42 Å². The van der Waals surface area contributed by atoms with Crippen molar-refractivity contribution >= 4 is 50.3 Å². The molecule has 9 heteroatoms. The van der Waals surface area contributed by atoms with Gasteiger partial charge in [0.15, 0.2) is 5.65 Å². The molecule has 6 rings (SSSR count). The number of fused-ring (bicyclic) bond motifs is 2. The molecule has 0 atom stereocenters. The summed E-state index contributed by atoms with van der Waals surface area (Å²) < 4.78 is 2.82. The van der Waals surface area contributed by atoms with Gasteiger partial charge in [-0.25, -0.2) is 15.0 Å². The number of carbonyl (C=O) groups is 1. The predicted molar refractivity (Wildman–Crippen MR) is 147 cm³/mol. The van der Waals surface area contributed by atoms with Gasteiger partial charge in [-0.1, -0.05) is 23.7 Å². The molecule has 4 aromatic heterocycles. The number of aliphatic carboxylic acids is 1. The summed E-state index contributed by atoms with van der Waals surface area (Å²) in [7, 11) is 1.91. The zero-order valence-electron chi connectivity index (χ0n) is 19.9. The number of thiazole rings is 1. The van der Waals surface area contributed by atoms with Gasteiger partial charge in [0.1, 0.15) is 10.5 Å². The number of nitrogens with zero attached hydrogens (tertiary/aromatic N) is 5. The van der Waals surface area contributed by atoms with Gasteiger partial charge in [-0.3, -0.25) is 9.78 Å². The van der Waals surface area contributed by atoms with Crippen LogP contribution in [0.2, 0.25) is 5.02 Å². The van der Waals surface area contributed by atoms with Crippen LogP contribution in [0.25, 0.3) is 54.3 Å². The molecule has 1 N–H and O–H groups in total. The lowest BCUT2D eigenvalue weighted by Crippen LogP contribution is -2.04. The minimum absolute atomic E-state index is 0.0740. The molecule has 7 nitrogen and oxygen atoms in total. The fourth-order valence-electron chi connectivity index (χ4n) is 4.54. The molecule has 4 heterocycles. The molecule has 0 unspecified atom stereocenters. The van der Waals surface area contributed by atoms with Gasteiger partial charge >= 0.3 is 5.97 Å². The van der Waals surface area contributed by atoms with Gasteiger partial charge in [-0.15, -0.1) is 11.3 Å². The van der Waals surface area contributed by atoms with E-state index in [1.165, 1.54) is 11.3 Å². The second-order valence-electron chi connectivity index (χ2n) is 8.84. The lowest BCUT2D eigenvalue weighted by molar-refractivity contribution is -0.136. The molecule has 37 heavy (non-hydrogen) atoms. The molecular formula is C28H20ClN5O2S. The summed E-state index contributed by atoms with van der Waals surface area (Å²) in [6, 6.07) is 15.4. The van der Waals surface area contributed by atoms with E-state index in [0.29, 0.717) is 5.02 Å². The van der Waals surface area contributed by atoms with Crippen LogP contribution in [0, 0.1) is 6.92 Å². The van der Waals surface area contributed by atoms with Crippen molar-refractivity contribution in [3.63, 3.8) is 0 Å². The third kappa shape index (κ3) is 4.24. The highest BCUT2D eigenvalue weighted by Crippen LogP contribution is 2.41. The maximum Gasteiger partial charge on any atom is 0.307 e. The second-order valence-corrected chi connectivity index (χ2v) is 10.3. The Labute approximate surface area is 221 Å². The fraction of sp³-hybridized carbons (Fsp3) is 0.107. The Morgan fingerprint density at radius 1 is 1.00 bits per heavy atom. The van der Waals surface area contributed by atoms with E-state index in [0.717, 1.165) is 65.5 Å². The van der Waals surface area contributed by atoms with Crippen LogP contribution >= 0.6 is 22.9 Å². The predicted octanol–water partition coefficient (Wildman–Crippen LogP) is 6.56. The van der Waals surface area contributed by atoms with E-state index in [9.17, 15) is 9.90 Å². The lowest BCUT2D eigenvalue weighted by Gasteiger charge is -2.13. The fourth-order valence-corrected chi connectivity index (χ4v) is 5.80. The van der Waals surface area contributed by atoms with Crippen LogP contribution in [-0.2, 0) is 18.3 Å². The number of aromatic nitrogens is 5. The summed E-state index contributed by atoms with van der Waals surface area (Å²) in [6.45, 7) is 1.93. The molecular weight excluding hydrogens is 506 g/mol. The van der Waals surface area contributed by atoms with Crippen LogP contribution in [0.1, 0.15) is 11.1 Å². The maximum atomic E-state index is 11.7. The van der Waals surface area contributed by atoms with Crippen LogP contribution in [0.15, 0.2) is 67.3 Å². The van der Waals surface area contributed by atoms with E-state index in [2.05, 4.69) is 15.0 Å². The number of halogens is 1. The van der Waals surface area contributed by atoms with Crippen LogP contribution < -0.4 is 0 Å². The number of aryl methyl sites for hydroxylation is 2. The smallest absolute Gasteiger partial charge is 0.307 e. The molecule has 2 aromatic carbocycles. The minimum Gasteiger partial charge on any atom is -0.481 e. The van der Waals surface area contributed by atoms with E-state index < -0.39 is 5.97 Å². The first-order valence-corrected chi connectivity index (χ1v) is 12.7. The number of rotatable bonds is 5. The molecule has 6 aromatic rings. The Hall–Kier alpha value is -4.14. The number of benzene rings is 2. The third-order valence-electron chi connectivity index (χ3n) is 6.33. The molecule has 0 aliphatic heterocycles. The van der Waals surface area contributed by atoms with Crippen LogP contribution in [-0.4, -0.2) is 35.6 Å². The maximum absolute atomic E-state index is 11.7. The first-order valence-electron chi connectivity index (χ1n) is 11.5. The van der Waals surface area contributed by atoms with Gasteiger partial charge in [0.2, 0.25) is 0 Å². The zero-order valence-corrected chi connectivity index (χ0v) is 21.5. The van der Waals surface area contributed by atoms with Gasteiger partial charge in [-0.2, -0.15) is 0 Å². The van der Waals surface area contributed by atoms with E-state index in [1.807, 2.05) is 67.1 Å². The number of imidazole rings is 1. The average Bonchev–Trinajstić information content (AvgIpc) is 3.48. The van der Waals surface area contributed by atoms with Crippen molar-refractivity contribution in [3.05, 3.63) is 83.4 Å². The topological polar surface area (TPSA) is 93.8 Å². The number of carboxylic acids is 1. The Morgan fingerprint density at radius 2 is 1.81 bits per heavy atom. The summed E-state index contributed by atoms with van der Waals surface area (Å²) in [6.07, 6.45) is 5.23. The Balaban J connectivity index is 1.50. The van der Waals surface area contributed by atoms with Crippen LogP contribution in [0.5, 0.6) is 0 Å². The summed E-state index contributed by atoms with van der Waals surface area (Å²) >= 11 is 7.68. The first kappa shape index (κ1) is 23.3.